The molecule has 2 rings (SSSR count). The Hall–Kier alpha value is -2.57. The normalized spacial score (nSPS) is 10.3. The summed E-state index contributed by atoms with van der Waals surface area (Å²) in [4.78, 5) is 11.6. The molecule has 0 atom stereocenters. The fourth-order valence-corrected chi connectivity index (χ4v) is 1.63. The maximum atomic E-state index is 13.8. The van der Waals surface area contributed by atoms with Gasteiger partial charge in [0.25, 0.3) is 0 Å². The quantitative estimate of drug-likeness (QED) is 0.836. The molecule has 0 aliphatic heterocycles. The zero-order valence-corrected chi connectivity index (χ0v) is 10.9. The van der Waals surface area contributed by atoms with Crippen molar-refractivity contribution in [3.63, 3.8) is 0 Å². The number of ether oxygens (including phenoxy) is 2. The molecule has 106 valence electrons. The maximum Gasteiger partial charge on any atom is 0.328 e. The van der Waals surface area contributed by atoms with Crippen LogP contribution in [0.15, 0.2) is 30.5 Å². The molecule has 1 aromatic carbocycles. The van der Waals surface area contributed by atoms with Crippen LogP contribution in [0.4, 0.5) is 10.2 Å². The second-order valence-corrected chi connectivity index (χ2v) is 4.03. The zero-order chi connectivity index (χ0) is 14.5. The van der Waals surface area contributed by atoms with Crippen molar-refractivity contribution < 1.29 is 18.7 Å². The lowest BCUT2D eigenvalue weighted by atomic mass is 10.2. The van der Waals surface area contributed by atoms with Gasteiger partial charge in [-0.05, 0) is 12.1 Å². The molecule has 0 saturated carbocycles. The second kappa shape index (κ2) is 6.05. The molecule has 0 bridgehead atoms. The van der Waals surface area contributed by atoms with Gasteiger partial charge >= 0.3 is 5.97 Å². The van der Waals surface area contributed by atoms with Crippen LogP contribution in [0.5, 0.6) is 5.75 Å². The van der Waals surface area contributed by atoms with E-state index in [2.05, 4.69) is 5.10 Å². The first-order chi connectivity index (χ1) is 9.60. The molecule has 2 aromatic rings. The average Bonchev–Trinajstić information content (AvgIpc) is 2.83. The number of nitrogens with zero attached hydrogens (tertiary/aromatic N) is 2. The predicted molar refractivity (Wildman–Crippen MR) is 69.4 cm³/mol. The number of hydrogen-bond donors (Lipinski definition) is 1. The van der Waals surface area contributed by atoms with Crippen LogP contribution in [0.25, 0.3) is 0 Å². The van der Waals surface area contributed by atoms with E-state index in [0.717, 1.165) is 0 Å². The highest BCUT2D eigenvalue weighted by molar-refractivity contribution is 5.69. The van der Waals surface area contributed by atoms with Gasteiger partial charge in [-0.25, -0.2) is 4.39 Å². The Bertz CT molecular complexity index is 613. The highest BCUT2D eigenvalue weighted by Gasteiger charge is 2.11. The summed E-state index contributed by atoms with van der Waals surface area (Å²) >= 11 is 0. The number of rotatable bonds is 5. The number of carbonyl (C=O) groups excluding carboxylic acids is 1. The highest BCUT2D eigenvalue weighted by Crippen LogP contribution is 2.20. The van der Waals surface area contributed by atoms with Gasteiger partial charge < -0.3 is 15.2 Å². The molecule has 0 spiro atoms. The van der Waals surface area contributed by atoms with E-state index in [0.29, 0.717) is 5.82 Å². The minimum absolute atomic E-state index is 0.0806. The Morgan fingerprint density at radius 2 is 2.25 bits per heavy atom. The van der Waals surface area contributed by atoms with Crippen molar-refractivity contribution in [1.82, 2.24) is 9.78 Å². The number of esters is 1. The molecule has 7 heteroatoms. The Labute approximate surface area is 114 Å². The third-order valence-corrected chi connectivity index (χ3v) is 2.60. The van der Waals surface area contributed by atoms with Crippen LogP contribution < -0.4 is 10.5 Å². The van der Waals surface area contributed by atoms with E-state index in [9.17, 15) is 9.18 Å². The predicted octanol–water partition coefficient (Wildman–Crippen LogP) is 1.36. The van der Waals surface area contributed by atoms with Gasteiger partial charge in [-0.1, -0.05) is 12.1 Å². The number of carbonyl (C=O) groups is 1. The van der Waals surface area contributed by atoms with Gasteiger partial charge in [-0.3, -0.25) is 9.48 Å². The smallest absolute Gasteiger partial charge is 0.328 e. The summed E-state index contributed by atoms with van der Waals surface area (Å²) in [5, 5.41) is 3.85. The fraction of sp³-hybridized carbons (Fsp3) is 0.231. The van der Waals surface area contributed by atoms with Crippen LogP contribution in [-0.4, -0.2) is 22.9 Å². The number of nitrogens with two attached hydrogens (primary N) is 1. The number of hydrogen-bond acceptors (Lipinski definition) is 5. The number of anilines is 1. The third kappa shape index (κ3) is 3.25. The molecule has 2 N–H and O–H groups in total. The lowest BCUT2D eigenvalue weighted by Gasteiger charge is -2.08. The molecular weight excluding hydrogens is 265 g/mol. The first kappa shape index (κ1) is 13.9. The van der Waals surface area contributed by atoms with Gasteiger partial charge in [-0.2, -0.15) is 5.10 Å². The monoisotopic (exact) mass is 279 g/mol. The highest BCUT2D eigenvalue weighted by atomic mass is 19.1. The molecule has 0 radical (unpaired) electrons. The van der Waals surface area contributed by atoms with E-state index < -0.39 is 11.8 Å². The fourth-order valence-electron chi connectivity index (χ4n) is 1.63. The summed E-state index contributed by atoms with van der Waals surface area (Å²) < 4.78 is 25.0. The molecular formula is C13H14FN3O3. The van der Waals surface area contributed by atoms with E-state index in [-0.39, 0.29) is 24.5 Å². The molecule has 6 nitrogen and oxygen atoms in total. The molecule has 1 aromatic heterocycles. The van der Waals surface area contributed by atoms with Crippen LogP contribution in [-0.2, 0) is 22.7 Å². The van der Waals surface area contributed by atoms with E-state index >= 15 is 0 Å². The first-order valence-corrected chi connectivity index (χ1v) is 5.86. The first-order valence-electron chi connectivity index (χ1n) is 5.86. The van der Waals surface area contributed by atoms with Crippen LogP contribution in [0.3, 0.4) is 0 Å². The van der Waals surface area contributed by atoms with Crippen LogP contribution in [0.1, 0.15) is 5.56 Å². The van der Waals surface area contributed by atoms with Gasteiger partial charge in [0.1, 0.15) is 19.0 Å². The minimum Gasteiger partial charge on any atom is -0.494 e. The Morgan fingerprint density at radius 1 is 1.45 bits per heavy atom. The van der Waals surface area contributed by atoms with Crippen molar-refractivity contribution in [3.05, 3.63) is 41.8 Å². The lowest BCUT2D eigenvalue weighted by Crippen LogP contribution is -2.14. The minimum atomic E-state index is -0.536. The van der Waals surface area contributed by atoms with Crippen molar-refractivity contribution >= 4 is 11.8 Å². The number of methoxy groups -OCH3 is 1. The summed E-state index contributed by atoms with van der Waals surface area (Å²) in [7, 11) is 1.37. The molecule has 0 saturated heterocycles. The van der Waals surface area contributed by atoms with Gasteiger partial charge in [0, 0.05) is 11.8 Å². The Balaban J connectivity index is 1.93. The summed E-state index contributed by atoms with van der Waals surface area (Å²) in [6, 6.07) is 6.21. The summed E-state index contributed by atoms with van der Waals surface area (Å²) in [6.45, 7) is -0.249. The van der Waals surface area contributed by atoms with E-state index in [1.54, 1.807) is 18.3 Å². The van der Waals surface area contributed by atoms with Gasteiger partial charge in [0.15, 0.2) is 11.6 Å². The van der Waals surface area contributed by atoms with Crippen LogP contribution >= 0.6 is 0 Å². The molecule has 0 unspecified atom stereocenters. The van der Waals surface area contributed by atoms with E-state index in [4.69, 9.17) is 15.2 Å². The van der Waals surface area contributed by atoms with Gasteiger partial charge in [0.2, 0.25) is 0 Å². The number of nitrogen functional groups attached to an aromatic ring is 1. The molecule has 0 aliphatic carbocycles. The number of halogens is 1. The number of aromatic nitrogens is 2. The maximum absolute atomic E-state index is 13.8. The lowest BCUT2D eigenvalue weighted by molar-refractivity contribution is -0.145. The zero-order valence-electron chi connectivity index (χ0n) is 10.9. The average molecular weight is 279 g/mol. The molecule has 1 heterocycles. The standard InChI is InChI=1S/C13H14FN3O3/c1-19-10-4-2-3-9(13(10)14)8-20-12(18)7-17-6-5-11(15)16-17/h2-6H,7-8H2,1H3,(H2,15,16). The second-order valence-electron chi connectivity index (χ2n) is 4.03. The molecule has 0 fully saturated rings. The molecule has 0 aliphatic rings. The van der Waals surface area contributed by atoms with E-state index in [1.165, 1.54) is 23.9 Å². The van der Waals surface area contributed by atoms with Crippen molar-refractivity contribution in [2.75, 3.05) is 12.8 Å². The van der Waals surface area contributed by atoms with Crippen molar-refractivity contribution in [3.8, 4) is 5.75 Å². The Morgan fingerprint density at radius 3 is 2.90 bits per heavy atom. The van der Waals surface area contributed by atoms with Gasteiger partial charge in [-0.15, -0.1) is 0 Å². The van der Waals surface area contributed by atoms with Crippen LogP contribution in [0.2, 0.25) is 0 Å². The molecule has 20 heavy (non-hydrogen) atoms. The van der Waals surface area contributed by atoms with Crippen LogP contribution in [0, 0.1) is 5.82 Å². The summed E-state index contributed by atoms with van der Waals surface area (Å²) in [5.74, 6) is -0.642. The van der Waals surface area contributed by atoms with Gasteiger partial charge in [0.05, 0.1) is 7.11 Å². The van der Waals surface area contributed by atoms with E-state index in [1.807, 2.05) is 0 Å². The van der Waals surface area contributed by atoms with Crippen molar-refractivity contribution in [1.29, 1.82) is 0 Å². The third-order valence-electron chi connectivity index (χ3n) is 2.60. The molecule has 0 amide bonds. The number of benzene rings is 1. The topological polar surface area (TPSA) is 79.4 Å². The SMILES string of the molecule is COc1cccc(COC(=O)Cn2ccc(N)n2)c1F. The summed E-state index contributed by atoms with van der Waals surface area (Å²) in [5.41, 5.74) is 5.67. The largest absolute Gasteiger partial charge is 0.494 e. The Kier molecular flexibility index (Phi) is 4.19. The van der Waals surface area contributed by atoms with Crippen molar-refractivity contribution in [2.45, 2.75) is 13.2 Å². The summed E-state index contributed by atoms with van der Waals surface area (Å²) in [6.07, 6.45) is 1.56. The van der Waals surface area contributed by atoms with Crippen molar-refractivity contribution in [2.24, 2.45) is 0 Å².